The molecule has 20 heavy (non-hydrogen) atoms. The zero-order valence-corrected chi connectivity index (χ0v) is 11.5. The number of ether oxygens (including phenoxy) is 2. The van der Waals surface area contributed by atoms with Gasteiger partial charge in [0.1, 0.15) is 5.75 Å². The molecule has 0 aliphatic carbocycles. The summed E-state index contributed by atoms with van der Waals surface area (Å²) >= 11 is 0. The summed E-state index contributed by atoms with van der Waals surface area (Å²) in [5.74, 6) is 0.741. The summed E-state index contributed by atoms with van der Waals surface area (Å²) in [6, 6.07) is 2.22. The summed E-state index contributed by atoms with van der Waals surface area (Å²) in [5.41, 5.74) is 0.879. The van der Waals surface area contributed by atoms with Crippen molar-refractivity contribution >= 4 is 6.03 Å². The molecule has 2 unspecified atom stereocenters. The molecule has 2 saturated heterocycles. The van der Waals surface area contributed by atoms with Gasteiger partial charge in [-0.1, -0.05) is 0 Å². The highest BCUT2D eigenvalue weighted by Gasteiger charge is 2.40. The Hall–Kier alpha value is -1.82. The van der Waals surface area contributed by atoms with E-state index in [0.29, 0.717) is 19.8 Å². The zero-order valence-electron chi connectivity index (χ0n) is 11.5. The summed E-state index contributed by atoms with van der Waals surface area (Å²) < 4.78 is 10.7. The van der Waals surface area contributed by atoms with Crippen molar-refractivity contribution in [2.24, 2.45) is 0 Å². The van der Waals surface area contributed by atoms with Gasteiger partial charge < -0.3 is 19.7 Å². The summed E-state index contributed by atoms with van der Waals surface area (Å²) in [6.07, 6.45) is 5.46. The van der Waals surface area contributed by atoms with Crippen LogP contribution in [-0.2, 0) is 11.3 Å². The van der Waals surface area contributed by atoms with Crippen LogP contribution in [0.3, 0.4) is 0 Å². The first-order chi connectivity index (χ1) is 9.79. The molecule has 0 spiro atoms. The van der Waals surface area contributed by atoms with Crippen molar-refractivity contribution in [2.75, 3.05) is 20.3 Å². The topological polar surface area (TPSA) is 63.7 Å². The van der Waals surface area contributed by atoms with Gasteiger partial charge in [0.15, 0.2) is 0 Å². The number of nitrogens with one attached hydrogen (secondary N) is 1. The van der Waals surface area contributed by atoms with E-state index >= 15 is 0 Å². The van der Waals surface area contributed by atoms with Crippen LogP contribution in [0, 0.1) is 0 Å². The van der Waals surface area contributed by atoms with Crippen molar-refractivity contribution < 1.29 is 14.3 Å². The van der Waals surface area contributed by atoms with Crippen LogP contribution in [0.4, 0.5) is 4.79 Å². The maximum Gasteiger partial charge on any atom is 0.318 e. The minimum Gasteiger partial charge on any atom is -0.496 e. The number of aromatic nitrogens is 1. The van der Waals surface area contributed by atoms with E-state index in [2.05, 4.69) is 10.3 Å². The van der Waals surface area contributed by atoms with Crippen molar-refractivity contribution in [3.8, 4) is 5.75 Å². The summed E-state index contributed by atoms with van der Waals surface area (Å²) in [6.45, 7) is 1.73. The Bertz CT molecular complexity index is 478. The van der Waals surface area contributed by atoms with Crippen molar-refractivity contribution in [3.05, 3.63) is 24.0 Å². The average Bonchev–Trinajstić information content (AvgIpc) is 2.74. The van der Waals surface area contributed by atoms with E-state index in [9.17, 15) is 4.79 Å². The molecular formula is C14H19N3O3. The van der Waals surface area contributed by atoms with Gasteiger partial charge in [-0.15, -0.1) is 0 Å². The van der Waals surface area contributed by atoms with Gasteiger partial charge in [0.25, 0.3) is 0 Å². The molecule has 1 aromatic heterocycles. The lowest BCUT2D eigenvalue weighted by Gasteiger charge is -2.34. The minimum absolute atomic E-state index is 0.0216. The molecule has 3 rings (SSSR count). The van der Waals surface area contributed by atoms with Crippen LogP contribution >= 0.6 is 0 Å². The Morgan fingerprint density at radius 1 is 1.50 bits per heavy atom. The van der Waals surface area contributed by atoms with Crippen molar-refractivity contribution in [1.29, 1.82) is 0 Å². The monoisotopic (exact) mass is 277 g/mol. The van der Waals surface area contributed by atoms with Gasteiger partial charge in [-0.3, -0.25) is 4.98 Å². The number of carbonyl (C=O) groups excluding carboxylic acids is 1. The SMILES string of the molecule is COc1ccncc1CNC(=O)N1C2CCC1COC2. The van der Waals surface area contributed by atoms with Crippen LogP contribution in [0.2, 0.25) is 0 Å². The average molecular weight is 277 g/mol. The number of rotatable bonds is 3. The van der Waals surface area contributed by atoms with Crippen LogP contribution in [0.15, 0.2) is 18.5 Å². The van der Waals surface area contributed by atoms with Crippen LogP contribution in [0.1, 0.15) is 18.4 Å². The van der Waals surface area contributed by atoms with E-state index in [1.54, 1.807) is 25.6 Å². The lowest BCUT2D eigenvalue weighted by atomic mass is 10.2. The number of carbonyl (C=O) groups is 1. The highest BCUT2D eigenvalue weighted by molar-refractivity contribution is 5.75. The van der Waals surface area contributed by atoms with Gasteiger partial charge >= 0.3 is 6.03 Å². The second-order valence-electron chi connectivity index (χ2n) is 5.18. The number of hydrogen-bond donors (Lipinski definition) is 1. The van der Waals surface area contributed by atoms with E-state index in [0.717, 1.165) is 24.2 Å². The third kappa shape index (κ3) is 2.43. The Balaban J connectivity index is 1.62. The Kier molecular flexibility index (Phi) is 3.73. The summed E-state index contributed by atoms with van der Waals surface area (Å²) in [4.78, 5) is 18.3. The van der Waals surface area contributed by atoms with Gasteiger partial charge in [-0.2, -0.15) is 0 Å². The number of pyridine rings is 1. The van der Waals surface area contributed by atoms with Gasteiger partial charge in [0.05, 0.1) is 32.4 Å². The molecule has 1 N–H and O–H groups in total. The smallest absolute Gasteiger partial charge is 0.318 e. The standard InChI is InChI=1S/C14H19N3O3/c1-19-13-4-5-15-6-10(13)7-16-14(18)17-11-2-3-12(17)9-20-8-11/h4-6,11-12H,2-3,7-9H2,1H3,(H,16,18). The van der Waals surface area contributed by atoms with E-state index in [1.165, 1.54) is 0 Å². The molecule has 2 bridgehead atoms. The normalized spacial score (nSPS) is 24.6. The third-order valence-electron chi connectivity index (χ3n) is 3.98. The Morgan fingerprint density at radius 2 is 2.25 bits per heavy atom. The fourth-order valence-corrected chi connectivity index (χ4v) is 2.97. The van der Waals surface area contributed by atoms with E-state index in [-0.39, 0.29) is 18.1 Å². The highest BCUT2D eigenvalue weighted by atomic mass is 16.5. The Morgan fingerprint density at radius 3 is 2.95 bits per heavy atom. The molecule has 2 aliphatic rings. The fraction of sp³-hybridized carbons (Fsp3) is 0.571. The summed E-state index contributed by atoms with van der Waals surface area (Å²) in [5, 5.41) is 2.96. The molecule has 0 saturated carbocycles. The molecule has 2 aliphatic heterocycles. The fourth-order valence-electron chi connectivity index (χ4n) is 2.97. The van der Waals surface area contributed by atoms with Crippen LogP contribution < -0.4 is 10.1 Å². The maximum atomic E-state index is 12.3. The molecule has 3 heterocycles. The molecule has 1 aromatic rings. The predicted octanol–water partition coefficient (Wildman–Crippen LogP) is 1.16. The van der Waals surface area contributed by atoms with Crippen LogP contribution in [0.5, 0.6) is 5.75 Å². The van der Waals surface area contributed by atoms with Gasteiger partial charge in [-0.05, 0) is 18.9 Å². The van der Waals surface area contributed by atoms with Crippen molar-refractivity contribution in [2.45, 2.75) is 31.5 Å². The van der Waals surface area contributed by atoms with E-state index in [1.807, 2.05) is 4.90 Å². The molecule has 0 aromatic carbocycles. The van der Waals surface area contributed by atoms with E-state index in [4.69, 9.17) is 9.47 Å². The maximum absolute atomic E-state index is 12.3. The molecule has 0 radical (unpaired) electrons. The van der Waals surface area contributed by atoms with Gasteiger partial charge in [-0.25, -0.2) is 4.79 Å². The second-order valence-corrected chi connectivity index (χ2v) is 5.18. The number of morpholine rings is 1. The molecular weight excluding hydrogens is 258 g/mol. The van der Waals surface area contributed by atoms with Crippen LogP contribution in [-0.4, -0.2) is 48.3 Å². The van der Waals surface area contributed by atoms with Gasteiger partial charge in [0, 0.05) is 24.5 Å². The first kappa shape index (κ1) is 13.2. The van der Waals surface area contributed by atoms with Crippen molar-refractivity contribution in [1.82, 2.24) is 15.2 Å². The first-order valence-electron chi connectivity index (χ1n) is 6.90. The number of amides is 2. The minimum atomic E-state index is -0.0216. The molecule has 2 fully saturated rings. The summed E-state index contributed by atoms with van der Waals surface area (Å²) in [7, 11) is 1.61. The first-order valence-corrected chi connectivity index (χ1v) is 6.90. The zero-order chi connectivity index (χ0) is 13.9. The second kappa shape index (κ2) is 5.66. The molecule has 108 valence electrons. The quantitative estimate of drug-likeness (QED) is 0.900. The van der Waals surface area contributed by atoms with E-state index < -0.39 is 0 Å². The Labute approximate surface area is 118 Å². The predicted molar refractivity (Wildman–Crippen MR) is 72.5 cm³/mol. The number of urea groups is 1. The number of fused-ring (bicyclic) bond motifs is 2. The van der Waals surface area contributed by atoms with Gasteiger partial charge in [0.2, 0.25) is 0 Å². The number of hydrogen-bond acceptors (Lipinski definition) is 4. The number of nitrogens with zero attached hydrogens (tertiary/aromatic N) is 2. The van der Waals surface area contributed by atoms with Crippen molar-refractivity contribution in [3.63, 3.8) is 0 Å². The lowest BCUT2D eigenvalue weighted by Crippen LogP contribution is -2.52. The highest BCUT2D eigenvalue weighted by Crippen LogP contribution is 2.28. The molecule has 2 atom stereocenters. The number of methoxy groups -OCH3 is 1. The lowest BCUT2D eigenvalue weighted by molar-refractivity contribution is 0.00630. The molecule has 6 nitrogen and oxygen atoms in total. The molecule has 2 amide bonds. The van der Waals surface area contributed by atoms with Crippen LogP contribution in [0.25, 0.3) is 0 Å². The third-order valence-corrected chi connectivity index (χ3v) is 3.98. The largest absolute Gasteiger partial charge is 0.496 e. The molecule has 6 heteroatoms.